The van der Waals surface area contributed by atoms with Crippen LogP contribution in [0.15, 0.2) is 24.1 Å². The molecule has 0 aromatic rings. The summed E-state index contributed by atoms with van der Waals surface area (Å²) in [5, 5.41) is 0. The Balaban J connectivity index is 1.71. The first-order valence-corrected chi connectivity index (χ1v) is 9.12. The first kappa shape index (κ1) is 14.7. The summed E-state index contributed by atoms with van der Waals surface area (Å²) >= 11 is 0. The Hall–Kier alpha value is -0.920. The molecule has 2 heteroatoms. The molecule has 5 atom stereocenters. The molecule has 0 heterocycles. The second-order valence-electron chi connectivity index (χ2n) is 8.29. The van der Waals surface area contributed by atoms with Gasteiger partial charge in [-0.15, -0.1) is 0 Å². The van der Waals surface area contributed by atoms with Gasteiger partial charge in [0, 0.05) is 6.42 Å². The van der Waals surface area contributed by atoms with E-state index in [1.807, 2.05) is 0 Å². The Morgan fingerprint density at radius 3 is 2.86 bits per heavy atom. The minimum absolute atomic E-state index is 0.306. The van der Waals surface area contributed by atoms with Gasteiger partial charge in [0.15, 0.2) is 0 Å². The highest BCUT2D eigenvalue weighted by atomic mass is 19.1. The normalized spacial score (nSPS) is 47.8. The number of carbonyl (C=O) groups excluding carboxylic acids is 1. The number of carbonyl (C=O) groups is 1. The molecule has 0 aromatic carbocycles. The highest BCUT2D eigenvalue weighted by Gasteiger charge is 2.59. The number of allylic oxidation sites excluding steroid dienone is 3. The molecule has 0 N–H and O–H groups in total. The SMILES string of the molecule is C[C@]12CCCC=C1CC[C@@H]1[C@@H]2CC[C@]2(C=CF)C(=O)CC[C@@H]12. The van der Waals surface area contributed by atoms with Gasteiger partial charge in [-0.3, -0.25) is 4.79 Å². The summed E-state index contributed by atoms with van der Waals surface area (Å²) in [5.41, 5.74) is 1.60. The summed E-state index contributed by atoms with van der Waals surface area (Å²) in [7, 11) is 0. The van der Waals surface area contributed by atoms with Crippen molar-refractivity contribution in [2.45, 2.75) is 64.7 Å². The number of halogens is 1. The van der Waals surface area contributed by atoms with Gasteiger partial charge in [0.2, 0.25) is 0 Å². The molecule has 3 fully saturated rings. The third-order valence-corrected chi connectivity index (χ3v) is 7.72. The van der Waals surface area contributed by atoms with Crippen molar-refractivity contribution in [3.63, 3.8) is 0 Å². The zero-order chi connectivity index (χ0) is 15.4. The van der Waals surface area contributed by atoms with Gasteiger partial charge in [-0.2, -0.15) is 0 Å². The maximum Gasteiger partial charge on any atom is 0.143 e. The molecular weight excluding hydrogens is 275 g/mol. The van der Waals surface area contributed by atoms with Gasteiger partial charge in [-0.25, -0.2) is 4.39 Å². The predicted molar refractivity (Wildman–Crippen MR) is 85.9 cm³/mol. The van der Waals surface area contributed by atoms with E-state index in [0.29, 0.717) is 41.7 Å². The van der Waals surface area contributed by atoms with Crippen LogP contribution in [0.5, 0.6) is 0 Å². The quantitative estimate of drug-likeness (QED) is 0.595. The lowest BCUT2D eigenvalue weighted by Crippen LogP contribution is -2.50. The Bertz CT molecular complexity index is 548. The van der Waals surface area contributed by atoms with Crippen molar-refractivity contribution in [1.82, 2.24) is 0 Å². The Kier molecular flexibility index (Phi) is 3.36. The standard InChI is InChI=1S/C20H27FO/c1-19-10-3-2-4-14(19)5-6-15-16(19)9-11-20(12-13-21)17(15)7-8-18(20)22/h4,12-13,15-17H,2-3,5-11H2,1H3/t15-,16+,17+,19+,20-/m1/s1. The molecule has 4 rings (SSSR count). The van der Waals surface area contributed by atoms with Crippen LogP contribution < -0.4 is 0 Å². The highest BCUT2D eigenvalue weighted by molar-refractivity contribution is 5.89. The molecule has 0 bridgehead atoms. The van der Waals surface area contributed by atoms with E-state index in [9.17, 15) is 9.18 Å². The van der Waals surface area contributed by atoms with Gasteiger partial charge < -0.3 is 0 Å². The van der Waals surface area contributed by atoms with Crippen molar-refractivity contribution in [1.29, 1.82) is 0 Å². The molecule has 1 nitrogen and oxygen atoms in total. The van der Waals surface area contributed by atoms with Crippen LogP contribution in [-0.2, 0) is 4.79 Å². The first-order valence-electron chi connectivity index (χ1n) is 9.12. The minimum Gasteiger partial charge on any atom is -0.299 e. The third kappa shape index (κ3) is 1.79. The lowest BCUT2D eigenvalue weighted by atomic mass is 9.47. The van der Waals surface area contributed by atoms with E-state index in [1.54, 1.807) is 11.6 Å². The fourth-order valence-electron chi connectivity index (χ4n) is 6.67. The van der Waals surface area contributed by atoms with E-state index in [2.05, 4.69) is 13.0 Å². The third-order valence-electron chi connectivity index (χ3n) is 7.72. The molecule has 0 saturated heterocycles. The monoisotopic (exact) mass is 302 g/mol. The molecule has 3 saturated carbocycles. The van der Waals surface area contributed by atoms with Crippen molar-refractivity contribution in [2.24, 2.45) is 28.6 Å². The summed E-state index contributed by atoms with van der Waals surface area (Å²) in [4.78, 5) is 12.5. The molecule has 4 aliphatic carbocycles. The average molecular weight is 302 g/mol. The van der Waals surface area contributed by atoms with Crippen molar-refractivity contribution >= 4 is 5.78 Å². The second-order valence-corrected chi connectivity index (χ2v) is 8.29. The second kappa shape index (κ2) is 5.04. The molecule has 4 aliphatic rings. The zero-order valence-corrected chi connectivity index (χ0v) is 13.6. The van der Waals surface area contributed by atoms with Crippen LogP contribution in [0.3, 0.4) is 0 Å². The highest BCUT2D eigenvalue weighted by Crippen LogP contribution is 2.64. The van der Waals surface area contributed by atoms with Crippen LogP contribution in [0.25, 0.3) is 0 Å². The topological polar surface area (TPSA) is 17.1 Å². The predicted octanol–water partition coefficient (Wildman–Crippen LogP) is 5.37. The van der Waals surface area contributed by atoms with Crippen molar-refractivity contribution in [3.05, 3.63) is 24.1 Å². The molecule has 0 aromatic heterocycles. The number of hydrogen-bond donors (Lipinski definition) is 0. The number of Topliss-reactive ketones (excluding diaryl/α,β-unsaturated/α-hetero) is 1. The van der Waals surface area contributed by atoms with E-state index in [4.69, 9.17) is 0 Å². The van der Waals surface area contributed by atoms with Crippen LogP contribution in [0.1, 0.15) is 64.7 Å². The molecule has 0 unspecified atom stereocenters. The Labute approximate surface area is 133 Å². The first-order chi connectivity index (χ1) is 10.6. The molecule has 0 radical (unpaired) electrons. The Morgan fingerprint density at radius 2 is 2.05 bits per heavy atom. The van der Waals surface area contributed by atoms with Gasteiger partial charge in [0.1, 0.15) is 5.78 Å². The number of hydrogen-bond acceptors (Lipinski definition) is 1. The van der Waals surface area contributed by atoms with Crippen LogP contribution in [0.2, 0.25) is 0 Å². The lowest BCUT2D eigenvalue weighted by Gasteiger charge is -2.57. The van der Waals surface area contributed by atoms with E-state index < -0.39 is 5.41 Å². The van der Waals surface area contributed by atoms with Gasteiger partial charge in [-0.05, 0) is 80.6 Å². The number of fused-ring (bicyclic) bond motifs is 5. The van der Waals surface area contributed by atoms with Crippen molar-refractivity contribution < 1.29 is 9.18 Å². The molecule has 22 heavy (non-hydrogen) atoms. The molecule has 0 amide bonds. The van der Waals surface area contributed by atoms with Gasteiger partial charge in [0.25, 0.3) is 0 Å². The molecule has 120 valence electrons. The maximum absolute atomic E-state index is 13.0. The fourth-order valence-corrected chi connectivity index (χ4v) is 6.67. The summed E-state index contributed by atoms with van der Waals surface area (Å²) in [6.45, 7) is 2.48. The maximum atomic E-state index is 13.0. The number of ketones is 1. The average Bonchev–Trinajstić information content (AvgIpc) is 2.84. The zero-order valence-electron chi connectivity index (χ0n) is 13.6. The van der Waals surface area contributed by atoms with E-state index in [1.165, 1.54) is 32.1 Å². The van der Waals surface area contributed by atoms with Crippen LogP contribution in [0.4, 0.5) is 4.39 Å². The summed E-state index contributed by atoms with van der Waals surface area (Å²) in [5.74, 6) is 2.03. The van der Waals surface area contributed by atoms with E-state index >= 15 is 0 Å². The van der Waals surface area contributed by atoms with Crippen LogP contribution in [-0.4, -0.2) is 5.78 Å². The van der Waals surface area contributed by atoms with E-state index in [-0.39, 0.29) is 0 Å². The Morgan fingerprint density at radius 1 is 1.18 bits per heavy atom. The largest absolute Gasteiger partial charge is 0.299 e. The van der Waals surface area contributed by atoms with Crippen molar-refractivity contribution in [2.75, 3.05) is 0 Å². The fraction of sp³-hybridized carbons (Fsp3) is 0.750. The smallest absolute Gasteiger partial charge is 0.143 e. The minimum atomic E-state index is -0.456. The molecule has 0 spiro atoms. The summed E-state index contributed by atoms with van der Waals surface area (Å²) in [6, 6.07) is 0. The molecule has 0 aliphatic heterocycles. The summed E-state index contributed by atoms with van der Waals surface area (Å²) in [6.07, 6.45) is 14.7. The van der Waals surface area contributed by atoms with Crippen molar-refractivity contribution in [3.8, 4) is 0 Å². The lowest BCUT2D eigenvalue weighted by molar-refractivity contribution is -0.129. The van der Waals surface area contributed by atoms with E-state index in [0.717, 1.165) is 19.3 Å². The van der Waals surface area contributed by atoms with Gasteiger partial charge >= 0.3 is 0 Å². The number of rotatable bonds is 1. The summed E-state index contributed by atoms with van der Waals surface area (Å²) < 4.78 is 13.0. The van der Waals surface area contributed by atoms with Crippen LogP contribution >= 0.6 is 0 Å². The molecular formula is C20H27FO. The van der Waals surface area contributed by atoms with Gasteiger partial charge in [0.05, 0.1) is 11.7 Å². The van der Waals surface area contributed by atoms with Gasteiger partial charge in [-0.1, -0.05) is 18.6 Å². The van der Waals surface area contributed by atoms with Crippen LogP contribution in [0, 0.1) is 28.6 Å².